The van der Waals surface area contributed by atoms with Gasteiger partial charge < -0.3 is 5.11 Å². The molecule has 3 radical (unpaired) electrons. The maximum atomic E-state index is 9.22. The second-order valence-corrected chi connectivity index (χ2v) is 4.34. The molecule has 0 aliphatic heterocycles. The molecule has 0 aromatic heterocycles. The van der Waals surface area contributed by atoms with E-state index in [1.807, 2.05) is 0 Å². The van der Waals surface area contributed by atoms with Gasteiger partial charge in [-0.25, -0.2) is 0 Å². The number of phenols is 1. The molecule has 1 nitrogen and oxygen atoms in total. The van der Waals surface area contributed by atoms with Crippen molar-refractivity contribution in [2.24, 2.45) is 0 Å². The molecule has 1 N–H and O–H groups in total. The van der Waals surface area contributed by atoms with Crippen LogP contribution < -0.4 is 0 Å². The maximum Gasteiger partial charge on any atom is 0.144 e. The van der Waals surface area contributed by atoms with Crippen molar-refractivity contribution < 1.29 is 5.11 Å². The number of phenolic OH excluding ortho intramolecular Hbond substituents is 1. The Balaban J connectivity index is 0.000001000. The predicted octanol–water partition coefficient (Wildman–Crippen LogP) is 3.30. The summed E-state index contributed by atoms with van der Waals surface area (Å²) in [7, 11) is 0. The van der Waals surface area contributed by atoms with Crippen LogP contribution in [-0.4, -0.2) is 31.3 Å². The summed E-state index contributed by atoms with van der Waals surface area (Å²) in [5, 5.41) is 9.22. The van der Waals surface area contributed by atoms with Crippen molar-refractivity contribution in [3.8, 4) is 5.75 Å². The summed E-state index contributed by atoms with van der Waals surface area (Å²) in [5.74, 6) is 0.225. The standard InChI is InChI=1S/C6H3Br3O.Bi/c7-3-1-4(8)6(10)5(9)2-3;/h1-2,10H;. The first kappa shape index (κ1) is 12.3. The smallest absolute Gasteiger partial charge is 0.144 e. The molecule has 0 heterocycles. The van der Waals surface area contributed by atoms with Gasteiger partial charge >= 0.3 is 0 Å². The van der Waals surface area contributed by atoms with E-state index in [1.54, 1.807) is 12.1 Å². The van der Waals surface area contributed by atoms with Crippen LogP contribution in [0.5, 0.6) is 5.75 Å². The van der Waals surface area contributed by atoms with Gasteiger partial charge in [0.2, 0.25) is 0 Å². The molecule has 0 aliphatic carbocycles. The monoisotopic (exact) mass is 537 g/mol. The van der Waals surface area contributed by atoms with E-state index < -0.39 is 0 Å². The first-order valence-electron chi connectivity index (χ1n) is 2.45. The van der Waals surface area contributed by atoms with E-state index in [0.29, 0.717) is 8.95 Å². The van der Waals surface area contributed by atoms with E-state index in [-0.39, 0.29) is 32.0 Å². The van der Waals surface area contributed by atoms with Crippen LogP contribution in [0.25, 0.3) is 0 Å². The molecule has 1 aromatic carbocycles. The molecule has 0 spiro atoms. The zero-order valence-electron chi connectivity index (χ0n) is 5.18. The molecule has 0 saturated carbocycles. The Morgan fingerprint density at radius 3 is 1.73 bits per heavy atom. The van der Waals surface area contributed by atoms with E-state index in [4.69, 9.17) is 0 Å². The fourth-order valence-corrected chi connectivity index (χ4v) is 2.79. The molecule has 0 unspecified atom stereocenters. The van der Waals surface area contributed by atoms with Crippen molar-refractivity contribution >= 4 is 74.0 Å². The molecule has 0 bridgehead atoms. The van der Waals surface area contributed by atoms with Gasteiger partial charge in [0.15, 0.2) is 0 Å². The number of benzene rings is 1. The molecule has 0 aliphatic rings. The van der Waals surface area contributed by atoms with Crippen LogP contribution >= 0.6 is 47.8 Å². The van der Waals surface area contributed by atoms with Gasteiger partial charge in [0.05, 0.1) is 8.95 Å². The van der Waals surface area contributed by atoms with E-state index in [0.717, 1.165) is 4.47 Å². The topological polar surface area (TPSA) is 20.2 Å². The third kappa shape index (κ3) is 3.29. The van der Waals surface area contributed by atoms with Crippen molar-refractivity contribution in [1.29, 1.82) is 0 Å². The number of rotatable bonds is 0. The third-order valence-electron chi connectivity index (χ3n) is 0.982. The Kier molecular flexibility index (Phi) is 5.78. The van der Waals surface area contributed by atoms with Gasteiger partial charge in [-0.2, -0.15) is 0 Å². The third-order valence-corrected chi connectivity index (χ3v) is 2.65. The summed E-state index contributed by atoms with van der Waals surface area (Å²) < 4.78 is 2.27. The Hall–Kier alpha value is 1.34. The Morgan fingerprint density at radius 1 is 1.00 bits per heavy atom. The molecule has 59 valence electrons. The van der Waals surface area contributed by atoms with Crippen molar-refractivity contribution in [3.05, 3.63) is 25.6 Å². The van der Waals surface area contributed by atoms with E-state index in [9.17, 15) is 5.11 Å². The molecule has 1 aromatic rings. The van der Waals surface area contributed by atoms with Gasteiger partial charge in [-0.15, -0.1) is 0 Å². The first-order chi connectivity index (χ1) is 4.61. The summed E-state index contributed by atoms with van der Waals surface area (Å²) in [5.41, 5.74) is 0. The molecule has 0 amide bonds. The van der Waals surface area contributed by atoms with Gasteiger partial charge in [0.1, 0.15) is 5.75 Å². The molecule has 0 fully saturated rings. The molecule has 5 heteroatoms. The number of hydrogen-bond donors (Lipinski definition) is 1. The summed E-state index contributed by atoms with van der Waals surface area (Å²) >= 11 is 9.65. The minimum Gasteiger partial charge on any atom is -0.506 e. The van der Waals surface area contributed by atoms with Crippen LogP contribution in [0.1, 0.15) is 0 Å². The van der Waals surface area contributed by atoms with E-state index >= 15 is 0 Å². The van der Waals surface area contributed by atoms with Gasteiger partial charge in [0, 0.05) is 30.7 Å². The van der Waals surface area contributed by atoms with Crippen LogP contribution in [-0.2, 0) is 0 Å². The average Bonchev–Trinajstić information content (AvgIpc) is 1.82. The quantitative estimate of drug-likeness (QED) is 0.502. The van der Waals surface area contributed by atoms with Crippen LogP contribution in [0, 0.1) is 0 Å². The number of aromatic hydroxyl groups is 1. The Morgan fingerprint density at radius 2 is 1.36 bits per heavy atom. The van der Waals surface area contributed by atoms with Crippen molar-refractivity contribution in [3.63, 3.8) is 0 Å². The second-order valence-electron chi connectivity index (χ2n) is 1.72. The molecule has 11 heavy (non-hydrogen) atoms. The zero-order chi connectivity index (χ0) is 7.72. The van der Waals surface area contributed by atoms with Crippen molar-refractivity contribution in [2.45, 2.75) is 0 Å². The minimum atomic E-state index is 0. The van der Waals surface area contributed by atoms with Crippen LogP contribution in [0.2, 0.25) is 0 Å². The maximum absolute atomic E-state index is 9.22. The summed E-state index contributed by atoms with van der Waals surface area (Å²) in [4.78, 5) is 0. The van der Waals surface area contributed by atoms with E-state index in [1.165, 1.54) is 0 Å². The Bertz CT molecular complexity index is 241. The fourth-order valence-electron chi connectivity index (χ4n) is 0.535. The molecular weight excluding hydrogens is 537 g/mol. The predicted molar refractivity (Wildman–Crippen MR) is 57.0 cm³/mol. The SMILES string of the molecule is Oc1c(Br)cc(Br)cc1Br.[Bi]. The van der Waals surface area contributed by atoms with Gasteiger partial charge in [-0.05, 0) is 44.0 Å². The van der Waals surface area contributed by atoms with Crippen LogP contribution in [0.15, 0.2) is 25.6 Å². The summed E-state index contributed by atoms with van der Waals surface area (Å²) in [6.07, 6.45) is 0. The molecule has 0 saturated heterocycles. The average molecular weight is 540 g/mol. The number of hydrogen-bond acceptors (Lipinski definition) is 1. The van der Waals surface area contributed by atoms with Crippen LogP contribution in [0.3, 0.4) is 0 Å². The van der Waals surface area contributed by atoms with Crippen LogP contribution in [0.4, 0.5) is 0 Å². The Labute approximate surface area is 109 Å². The van der Waals surface area contributed by atoms with Gasteiger partial charge in [0.25, 0.3) is 0 Å². The number of halogens is 3. The summed E-state index contributed by atoms with van der Waals surface area (Å²) in [6, 6.07) is 3.56. The minimum absolute atomic E-state index is 0. The molecule has 1 rings (SSSR count). The largest absolute Gasteiger partial charge is 0.506 e. The fraction of sp³-hybridized carbons (Fsp3) is 0. The van der Waals surface area contributed by atoms with Crippen molar-refractivity contribution in [1.82, 2.24) is 0 Å². The van der Waals surface area contributed by atoms with Gasteiger partial charge in [-0.1, -0.05) is 15.9 Å². The normalized spacial score (nSPS) is 9.00. The second kappa shape index (κ2) is 5.15. The van der Waals surface area contributed by atoms with E-state index in [2.05, 4.69) is 47.8 Å². The first-order valence-corrected chi connectivity index (χ1v) is 4.82. The zero-order valence-corrected chi connectivity index (χ0v) is 13.4. The van der Waals surface area contributed by atoms with Crippen molar-refractivity contribution in [2.75, 3.05) is 0 Å². The molecular formula is C6H3BiBr3O. The van der Waals surface area contributed by atoms with Gasteiger partial charge in [-0.3, -0.25) is 0 Å². The molecule has 0 atom stereocenters. The summed E-state index contributed by atoms with van der Waals surface area (Å²) in [6.45, 7) is 0.